The second kappa shape index (κ2) is 12.5. The second-order valence-electron chi connectivity index (χ2n) is 15.6. The Morgan fingerprint density at radius 3 is 2.45 bits per heavy atom. The third-order valence-corrected chi connectivity index (χ3v) is 13.3. The molecule has 0 saturated heterocycles. The van der Waals surface area contributed by atoms with E-state index in [4.69, 9.17) is 4.55 Å². The number of aliphatic hydroxyl groups excluding tert-OH is 1. The second-order valence-corrected chi connectivity index (χ2v) is 17.1. The molecule has 0 radical (unpaired) electrons. The molecule has 0 aliphatic heterocycles. The summed E-state index contributed by atoms with van der Waals surface area (Å²) in [5.41, 5.74) is 1.04. The Bertz CT molecular complexity index is 986. The van der Waals surface area contributed by atoms with Crippen molar-refractivity contribution in [3.05, 3.63) is 0 Å². The third-order valence-electron chi connectivity index (χ3n) is 12.5. The summed E-state index contributed by atoms with van der Waals surface area (Å²) in [6.45, 7) is 9.18. The van der Waals surface area contributed by atoms with Gasteiger partial charge >= 0.3 is 0 Å². The first-order valence-corrected chi connectivity index (χ1v) is 18.0. The van der Waals surface area contributed by atoms with E-state index < -0.39 is 22.0 Å². The van der Waals surface area contributed by atoms with Crippen LogP contribution in [0.3, 0.4) is 0 Å². The van der Waals surface area contributed by atoms with Crippen molar-refractivity contribution >= 4 is 16.0 Å². The number of aliphatic hydroxyl groups is 1. The van der Waals surface area contributed by atoms with Gasteiger partial charge in [0.1, 0.15) is 18.4 Å². The van der Waals surface area contributed by atoms with Crippen LogP contribution in [0.1, 0.15) is 104 Å². The molecule has 0 aromatic heterocycles. The Balaban J connectivity index is 1.20. The molecule has 4 saturated carbocycles. The van der Waals surface area contributed by atoms with E-state index in [2.05, 4.69) is 26.1 Å². The van der Waals surface area contributed by atoms with E-state index in [-0.39, 0.29) is 12.5 Å². The van der Waals surface area contributed by atoms with Crippen LogP contribution in [0.15, 0.2) is 0 Å². The lowest BCUT2D eigenvalue weighted by Crippen LogP contribution is -2.53. The van der Waals surface area contributed by atoms with Crippen LogP contribution in [-0.2, 0) is 14.9 Å². The highest BCUT2D eigenvalue weighted by Gasteiger charge is 2.60. The number of fused-ring (bicyclic) bond motifs is 5. The lowest BCUT2D eigenvalue weighted by atomic mass is 9.44. The Kier molecular flexibility index (Phi) is 10.1. The number of nitrogens with one attached hydrogen (secondary N) is 1. The minimum absolute atomic E-state index is 0.121. The first-order valence-electron chi connectivity index (χ1n) is 16.4. The predicted molar refractivity (Wildman–Crippen MR) is 160 cm³/mol. The van der Waals surface area contributed by atoms with Gasteiger partial charge in [-0.15, -0.1) is 0 Å². The lowest BCUT2D eigenvalue weighted by molar-refractivity contribution is -0.893. The molecular formula is C32H59N2O5S+. The highest BCUT2D eigenvalue weighted by molar-refractivity contribution is 7.85. The maximum Gasteiger partial charge on any atom is 0.267 e. The third kappa shape index (κ3) is 7.26. The summed E-state index contributed by atoms with van der Waals surface area (Å²) in [5.74, 6) is 4.50. The van der Waals surface area contributed by atoms with Crippen molar-refractivity contribution in [2.75, 3.05) is 39.5 Å². The van der Waals surface area contributed by atoms with Crippen LogP contribution in [0.4, 0.5) is 0 Å². The molecule has 0 aromatic rings. The monoisotopic (exact) mass is 583 g/mol. The molecule has 0 spiro atoms. The predicted octanol–water partition coefficient (Wildman–Crippen LogP) is 5.28. The van der Waals surface area contributed by atoms with E-state index in [1.807, 2.05) is 14.1 Å². The Hall–Kier alpha value is -0.700. The topological polar surface area (TPSA) is 104 Å². The zero-order chi connectivity index (χ0) is 29.3. The summed E-state index contributed by atoms with van der Waals surface area (Å²) in [6, 6.07) is 0. The molecule has 4 fully saturated rings. The highest BCUT2D eigenvalue weighted by atomic mass is 32.2. The van der Waals surface area contributed by atoms with Crippen LogP contribution in [0.2, 0.25) is 0 Å². The average molecular weight is 584 g/mol. The van der Waals surface area contributed by atoms with E-state index in [1.54, 1.807) is 0 Å². The van der Waals surface area contributed by atoms with Gasteiger partial charge in [0.2, 0.25) is 5.91 Å². The molecule has 40 heavy (non-hydrogen) atoms. The number of carbonyl (C=O) groups is 1. The van der Waals surface area contributed by atoms with E-state index in [0.29, 0.717) is 40.7 Å². The average Bonchev–Trinajstić information content (AvgIpc) is 3.20. The summed E-state index contributed by atoms with van der Waals surface area (Å²) < 4.78 is 31.4. The van der Waals surface area contributed by atoms with Crippen molar-refractivity contribution < 1.29 is 27.4 Å². The zero-order valence-electron chi connectivity index (χ0n) is 26.0. The van der Waals surface area contributed by atoms with Crippen LogP contribution < -0.4 is 5.32 Å². The molecule has 1 unspecified atom stereocenters. The number of rotatable bonds is 12. The molecule has 4 rings (SSSR count). The number of carbonyl (C=O) groups excluding carboxylic acids is 1. The van der Waals surface area contributed by atoms with Gasteiger partial charge in [-0.2, -0.15) is 8.42 Å². The Morgan fingerprint density at radius 2 is 1.73 bits per heavy atom. The van der Waals surface area contributed by atoms with Crippen LogP contribution in [0.5, 0.6) is 0 Å². The molecule has 7 nitrogen and oxygen atoms in total. The number of nitrogens with zero attached hydrogens (tertiary/aromatic N) is 1. The molecular weight excluding hydrogens is 524 g/mol. The Labute approximate surface area is 244 Å². The molecule has 0 aromatic carbocycles. The maximum atomic E-state index is 12.7. The van der Waals surface area contributed by atoms with Crippen molar-refractivity contribution in [1.82, 2.24) is 5.32 Å². The quantitative estimate of drug-likeness (QED) is 0.165. The summed E-state index contributed by atoms with van der Waals surface area (Å²) >= 11 is 0. The zero-order valence-corrected chi connectivity index (χ0v) is 26.9. The molecule has 3 N–H and O–H groups in total. The highest BCUT2D eigenvalue weighted by Crippen LogP contribution is 2.68. The smallest absolute Gasteiger partial charge is 0.267 e. The van der Waals surface area contributed by atoms with Crippen LogP contribution in [0, 0.1) is 46.3 Å². The lowest BCUT2D eigenvalue weighted by Gasteiger charge is -2.61. The van der Waals surface area contributed by atoms with E-state index in [1.165, 1.54) is 64.2 Å². The number of amides is 1. The van der Waals surface area contributed by atoms with Gasteiger partial charge < -0.3 is 14.9 Å². The molecule has 4 aliphatic rings. The van der Waals surface area contributed by atoms with Gasteiger partial charge in [0.05, 0.1) is 20.6 Å². The van der Waals surface area contributed by atoms with Crippen molar-refractivity contribution in [2.24, 2.45) is 46.3 Å². The Morgan fingerprint density at radius 1 is 1.00 bits per heavy atom. The van der Waals surface area contributed by atoms with Crippen LogP contribution >= 0.6 is 0 Å². The summed E-state index contributed by atoms with van der Waals surface area (Å²) in [4.78, 5) is 12.7. The van der Waals surface area contributed by atoms with Gasteiger partial charge in [-0.05, 0) is 104 Å². The van der Waals surface area contributed by atoms with Gasteiger partial charge in [-0.25, -0.2) is 0 Å². The van der Waals surface area contributed by atoms with Crippen LogP contribution in [-0.4, -0.2) is 74.1 Å². The molecule has 9 atom stereocenters. The molecule has 4 aliphatic carbocycles. The fourth-order valence-corrected chi connectivity index (χ4v) is 11.2. The van der Waals surface area contributed by atoms with Gasteiger partial charge in [-0.3, -0.25) is 9.35 Å². The summed E-state index contributed by atoms with van der Waals surface area (Å²) in [5, 5.41) is 13.0. The molecule has 0 heterocycles. The van der Waals surface area contributed by atoms with E-state index in [9.17, 15) is 18.3 Å². The van der Waals surface area contributed by atoms with Gasteiger partial charge in [-0.1, -0.05) is 33.6 Å². The fourth-order valence-electron chi connectivity index (χ4n) is 10.6. The summed E-state index contributed by atoms with van der Waals surface area (Å²) in [6.07, 6.45) is 15.5. The van der Waals surface area contributed by atoms with Gasteiger partial charge in [0.15, 0.2) is 0 Å². The molecule has 232 valence electrons. The maximum absolute atomic E-state index is 12.7. The normalized spacial score (nSPS) is 37.6. The minimum Gasteiger partial charge on any atom is -0.386 e. The van der Waals surface area contributed by atoms with Crippen molar-refractivity contribution in [2.45, 2.75) is 110 Å². The number of hydrogen-bond donors (Lipinski definition) is 3. The SMILES string of the molecule is C[C@H](CCC(=O)NCCC[N+](C)(C)CC(O)CS(=O)(=O)O)[C@H]1CC[C@H]2[C@@H]3CC[C@H]4CCCC[C@]4(C)[C@H]3CC[C@]12C. The number of likely N-dealkylation sites (N-methyl/N-ethyl adjacent to an activating group) is 1. The van der Waals surface area contributed by atoms with Crippen molar-refractivity contribution in [3.63, 3.8) is 0 Å². The first kappa shape index (κ1) is 32.2. The van der Waals surface area contributed by atoms with E-state index >= 15 is 0 Å². The van der Waals surface area contributed by atoms with E-state index in [0.717, 1.165) is 42.4 Å². The van der Waals surface area contributed by atoms with Crippen LogP contribution in [0.25, 0.3) is 0 Å². The number of hydrogen-bond acceptors (Lipinski definition) is 4. The largest absolute Gasteiger partial charge is 0.386 e. The van der Waals surface area contributed by atoms with Crippen molar-refractivity contribution in [1.29, 1.82) is 0 Å². The molecule has 1 amide bonds. The van der Waals surface area contributed by atoms with Crippen molar-refractivity contribution in [3.8, 4) is 0 Å². The molecule has 0 bridgehead atoms. The number of quaternary nitrogens is 1. The first-order chi connectivity index (χ1) is 18.6. The van der Waals surface area contributed by atoms with Gasteiger partial charge in [0.25, 0.3) is 10.1 Å². The van der Waals surface area contributed by atoms with Gasteiger partial charge in [0, 0.05) is 19.4 Å². The minimum atomic E-state index is -4.19. The summed E-state index contributed by atoms with van der Waals surface area (Å²) in [7, 11) is -0.357. The standard InChI is InChI=1S/C32H58N2O5S/c1-23(10-15-30(36)33-19-8-20-34(4,5)21-25(35)22-40(37,38)39)27-13-14-28-26-12-11-24-9-6-7-17-31(24,2)29(26)16-18-32(27,28)3/h23-29,35H,6-22H2,1-5H3,(H-,33,36,37,38,39)/p+1/t23-,24-,25?,26+,27-,28+,29+,31+,32-/m1/s1. The fraction of sp³-hybridized carbons (Fsp3) is 0.969. The molecule has 8 heteroatoms.